The maximum absolute atomic E-state index is 12.6. The Balaban J connectivity index is 2.23. The van der Waals surface area contributed by atoms with Crippen LogP contribution in [0.4, 0.5) is 5.69 Å². The van der Waals surface area contributed by atoms with Gasteiger partial charge in [-0.05, 0) is 43.3 Å². The Morgan fingerprint density at radius 1 is 0.938 bits per heavy atom. The van der Waals surface area contributed by atoms with Gasteiger partial charge < -0.3 is 19.5 Å². The summed E-state index contributed by atoms with van der Waals surface area (Å²) in [6.07, 6.45) is 0. The molecule has 12 heteroatoms. The van der Waals surface area contributed by atoms with Crippen molar-refractivity contribution in [2.75, 3.05) is 26.6 Å². The summed E-state index contributed by atoms with van der Waals surface area (Å²) in [5, 5.41) is 2.54. The number of ether oxygens (including phenoxy) is 3. The van der Waals surface area contributed by atoms with Crippen molar-refractivity contribution in [3.05, 3.63) is 52.5 Å². The Hall–Kier alpha value is -3.15. The fraction of sp³-hybridized carbons (Fsp3) is 0.250. The van der Waals surface area contributed by atoms with Gasteiger partial charge in [-0.15, -0.1) is 0 Å². The molecule has 0 radical (unpaired) electrons. The summed E-state index contributed by atoms with van der Waals surface area (Å²) < 4.78 is 41.7. The first-order valence-corrected chi connectivity index (χ1v) is 10.9. The molecule has 172 valence electrons. The topological polar surface area (TPSA) is 137 Å². The minimum absolute atomic E-state index is 0.00758. The lowest BCUT2D eigenvalue weighted by Gasteiger charge is -2.16. The van der Waals surface area contributed by atoms with E-state index in [1.165, 1.54) is 50.4 Å². The number of rotatable bonds is 8. The Morgan fingerprint density at radius 2 is 1.50 bits per heavy atom. The number of methoxy groups -OCH3 is 3. The van der Waals surface area contributed by atoms with Crippen LogP contribution >= 0.6 is 11.6 Å². The Morgan fingerprint density at radius 3 is 1.97 bits per heavy atom. The predicted octanol–water partition coefficient (Wildman–Crippen LogP) is 2.23. The first kappa shape index (κ1) is 25.1. The predicted molar refractivity (Wildman–Crippen MR) is 116 cm³/mol. The van der Waals surface area contributed by atoms with Crippen LogP contribution in [0.15, 0.2) is 41.3 Å². The molecule has 0 aromatic heterocycles. The third kappa shape index (κ3) is 5.96. The van der Waals surface area contributed by atoms with Crippen molar-refractivity contribution in [2.45, 2.75) is 17.9 Å². The summed E-state index contributed by atoms with van der Waals surface area (Å²) in [7, 11) is -0.384. The van der Waals surface area contributed by atoms with E-state index in [0.29, 0.717) is 5.75 Å². The lowest BCUT2D eigenvalue weighted by Crippen LogP contribution is -2.41. The number of carbonyl (C=O) groups excluding carboxylic acids is 3. The van der Waals surface area contributed by atoms with Crippen molar-refractivity contribution >= 4 is 45.2 Å². The van der Waals surface area contributed by atoms with Crippen LogP contribution in [0, 0.1) is 0 Å². The van der Waals surface area contributed by atoms with Crippen LogP contribution in [0.2, 0.25) is 5.02 Å². The minimum Gasteiger partial charge on any atom is -0.495 e. The van der Waals surface area contributed by atoms with Gasteiger partial charge in [-0.1, -0.05) is 11.6 Å². The van der Waals surface area contributed by atoms with Crippen LogP contribution in [0.1, 0.15) is 27.6 Å². The molecule has 0 aliphatic heterocycles. The van der Waals surface area contributed by atoms with E-state index >= 15 is 0 Å². The molecule has 0 unspecified atom stereocenters. The molecule has 0 bridgehead atoms. The van der Waals surface area contributed by atoms with Gasteiger partial charge in [-0.3, -0.25) is 4.79 Å². The van der Waals surface area contributed by atoms with Gasteiger partial charge in [0.25, 0.3) is 0 Å². The molecule has 0 aliphatic rings. The summed E-state index contributed by atoms with van der Waals surface area (Å²) >= 11 is 5.97. The molecule has 1 amide bonds. The monoisotopic (exact) mass is 484 g/mol. The summed E-state index contributed by atoms with van der Waals surface area (Å²) in [6, 6.07) is 6.43. The lowest BCUT2D eigenvalue weighted by atomic mass is 10.1. The molecular formula is C20H21ClN2O8S. The molecule has 10 nitrogen and oxygen atoms in total. The molecular weight excluding hydrogens is 464 g/mol. The number of benzene rings is 2. The van der Waals surface area contributed by atoms with Crippen molar-refractivity contribution in [3.8, 4) is 5.75 Å². The van der Waals surface area contributed by atoms with E-state index in [1.54, 1.807) is 0 Å². The summed E-state index contributed by atoms with van der Waals surface area (Å²) in [6.45, 7) is 1.32. The lowest BCUT2D eigenvalue weighted by molar-refractivity contribution is -0.117. The van der Waals surface area contributed by atoms with Crippen molar-refractivity contribution in [2.24, 2.45) is 0 Å². The van der Waals surface area contributed by atoms with Crippen molar-refractivity contribution < 1.29 is 37.0 Å². The summed E-state index contributed by atoms with van der Waals surface area (Å²) in [5.74, 6) is -1.93. The zero-order valence-electron chi connectivity index (χ0n) is 17.6. The van der Waals surface area contributed by atoms with E-state index in [-0.39, 0.29) is 26.7 Å². The second-order valence-corrected chi connectivity index (χ2v) is 8.53. The van der Waals surface area contributed by atoms with E-state index in [1.807, 2.05) is 0 Å². The van der Waals surface area contributed by atoms with Crippen LogP contribution in [0.25, 0.3) is 0 Å². The second kappa shape index (κ2) is 10.4. The Bertz CT molecular complexity index is 1120. The fourth-order valence-electron chi connectivity index (χ4n) is 2.59. The molecule has 2 N–H and O–H groups in total. The Kier molecular flexibility index (Phi) is 8.19. The number of hydrogen-bond donors (Lipinski definition) is 2. The second-order valence-electron chi connectivity index (χ2n) is 6.41. The summed E-state index contributed by atoms with van der Waals surface area (Å²) in [5.41, 5.74) is 0.0513. The molecule has 1 atom stereocenters. The van der Waals surface area contributed by atoms with E-state index in [4.69, 9.17) is 16.3 Å². The van der Waals surface area contributed by atoms with Crippen molar-refractivity contribution in [1.82, 2.24) is 4.72 Å². The standard InChI is InChI=1S/C20H21ClN2O8S/c1-11(23-32(27,28)15-5-6-17(29-2)16(21)10-15)18(24)22-14-8-12(19(25)30-3)7-13(9-14)20(26)31-4/h5-11,23H,1-4H3,(H,22,24)/t11-/m0/s1. The highest BCUT2D eigenvalue weighted by Gasteiger charge is 2.24. The van der Waals surface area contributed by atoms with Gasteiger partial charge in [0.05, 0.1) is 48.4 Å². The Labute approximate surface area is 189 Å². The number of anilines is 1. The number of nitrogens with one attached hydrogen (secondary N) is 2. The van der Waals surface area contributed by atoms with Crippen LogP contribution < -0.4 is 14.8 Å². The minimum atomic E-state index is -4.09. The highest BCUT2D eigenvalue weighted by molar-refractivity contribution is 7.89. The van der Waals surface area contributed by atoms with Gasteiger partial charge in [0.1, 0.15) is 5.75 Å². The highest BCUT2D eigenvalue weighted by atomic mass is 35.5. The van der Waals surface area contributed by atoms with Gasteiger partial charge in [-0.25, -0.2) is 18.0 Å². The smallest absolute Gasteiger partial charge is 0.337 e. The molecule has 0 saturated heterocycles. The zero-order valence-corrected chi connectivity index (χ0v) is 19.2. The molecule has 2 aromatic carbocycles. The number of amides is 1. The van der Waals surface area contributed by atoms with E-state index < -0.39 is 33.9 Å². The third-order valence-corrected chi connectivity index (χ3v) is 6.04. The van der Waals surface area contributed by atoms with Gasteiger partial charge in [0.15, 0.2) is 0 Å². The van der Waals surface area contributed by atoms with Crippen molar-refractivity contribution in [3.63, 3.8) is 0 Å². The van der Waals surface area contributed by atoms with Crippen LogP contribution in [-0.4, -0.2) is 53.6 Å². The fourth-order valence-corrected chi connectivity index (χ4v) is 4.14. The molecule has 0 fully saturated rings. The normalized spacial score (nSPS) is 11.9. The number of hydrogen-bond acceptors (Lipinski definition) is 8. The average Bonchev–Trinajstić information content (AvgIpc) is 2.77. The largest absolute Gasteiger partial charge is 0.495 e. The number of carbonyl (C=O) groups is 3. The maximum Gasteiger partial charge on any atom is 0.337 e. The van der Waals surface area contributed by atoms with Crippen LogP contribution in [0.5, 0.6) is 5.75 Å². The quantitative estimate of drug-likeness (QED) is 0.544. The maximum atomic E-state index is 12.6. The van der Waals surface area contributed by atoms with Gasteiger partial charge in [0.2, 0.25) is 15.9 Å². The van der Waals surface area contributed by atoms with Crippen LogP contribution in [-0.2, 0) is 24.3 Å². The third-order valence-electron chi connectivity index (χ3n) is 4.20. The number of halogens is 1. The van der Waals surface area contributed by atoms with Crippen molar-refractivity contribution in [1.29, 1.82) is 0 Å². The first-order valence-electron chi connectivity index (χ1n) is 9.00. The molecule has 0 aliphatic carbocycles. The highest BCUT2D eigenvalue weighted by Crippen LogP contribution is 2.27. The van der Waals surface area contributed by atoms with E-state index in [0.717, 1.165) is 14.2 Å². The summed E-state index contributed by atoms with van der Waals surface area (Å²) in [4.78, 5) is 36.1. The van der Waals surface area contributed by atoms with E-state index in [2.05, 4.69) is 19.5 Å². The molecule has 2 aromatic rings. The number of esters is 2. The van der Waals surface area contributed by atoms with Gasteiger partial charge in [-0.2, -0.15) is 4.72 Å². The zero-order chi connectivity index (χ0) is 24.1. The molecule has 32 heavy (non-hydrogen) atoms. The molecule has 2 rings (SSSR count). The first-order chi connectivity index (χ1) is 15.0. The molecule has 0 saturated carbocycles. The van der Waals surface area contributed by atoms with Gasteiger partial charge in [0, 0.05) is 5.69 Å². The number of sulfonamides is 1. The molecule has 0 heterocycles. The average molecular weight is 485 g/mol. The SMILES string of the molecule is COC(=O)c1cc(NC(=O)[C@H](C)NS(=O)(=O)c2ccc(OC)c(Cl)c2)cc(C(=O)OC)c1. The van der Waals surface area contributed by atoms with E-state index in [9.17, 15) is 22.8 Å². The van der Waals surface area contributed by atoms with Gasteiger partial charge >= 0.3 is 11.9 Å². The van der Waals surface area contributed by atoms with Crippen LogP contribution in [0.3, 0.4) is 0 Å². The molecule has 0 spiro atoms.